The maximum Gasteiger partial charge on any atom is 0.273 e. The van der Waals surface area contributed by atoms with Crippen molar-refractivity contribution in [2.75, 3.05) is 26.2 Å². The first-order valence-corrected chi connectivity index (χ1v) is 10.2. The van der Waals surface area contributed by atoms with Crippen LogP contribution in [0.15, 0.2) is 78.9 Å². The molecule has 1 fully saturated rings. The van der Waals surface area contributed by atoms with Gasteiger partial charge in [-0.2, -0.15) is 0 Å². The number of hydrogen-bond acceptors (Lipinski definition) is 5. The lowest BCUT2D eigenvalue weighted by Gasteiger charge is -2.34. The fourth-order valence-corrected chi connectivity index (χ4v) is 3.76. The Hall–Kier alpha value is -3.22. The van der Waals surface area contributed by atoms with E-state index in [0.29, 0.717) is 6.54 Å². The lowest BCUT2D eigenvalue weighted by atomic mass is 10.1. The Morgan fingerprint density at radius 1 is 0.767 bits per heavy atom. The summed E-state index contributed by atoms with van der Waals surface area (Å²) in [5.74, 6) is 1.67. The Labute approximate surface area is 176 Å². The topological polar surface area (TPSA) is 58.9 Å². The highest BCUT2D eigenvalue weighted by atomic mass is 16.6. The number of nitrogens with zero attached hydrogens (tertiary/aromatic N) is 3. The third-order valence-electron chi connectivity index (χ3n) is 5.33. The third-order valence-corrected chi connectivity index (χ3v) is 5.33. The Kier molecular flexibility index (Phi) is 6.37. The smallest absolute Gasteiger partial charge is 0.273 e. The molecule has 1 heterocycles. The second-order valence-electron chi connectivity index (χ2n) is 7.50. The van der Waals surface area contributed by atoms with Crippen LogP contribution in [0.1, 0.15) is 11.1 Å². The van der Waals surface area contributed by atoms with Gasteiger partial charge in [-0.25, -0.2) is 0 Å². The van der Waals surface area contributed by atoms with Crippen LogP contribution in [0.2, 0.25) is 0 Å². The number of benzene rings is 3. The summed E-state index contributed by atoms with van der Waals surface area (Å²) in [6.07, 6.45) is 0. The van der Waals surface area contributed by atoms with Crippen molar-refractivity contribution in [1.29, 1.82) is 0 Å². The van der Waals surface area contributed by atoms with Gasteiger partial charge >= 0.3 is 0 Å². The zero-order valence-electron chi connectivity index (χ0n) is 16.8. The molecule has 0 aliphatic carbocycles. The molecule has 30 heavy (non-hydrogen) atoms. The zero-order chi connectivity index (χ0) is 20.8. The van der Waals surface area contributed by atoms with E-state index in [9.17, 15) is 10.1 Å². The minimum Gasteiger partial charge on any atom is -0.457 e. The molecule has 0 bridgehead atoms. The highest BCUT2D eigenvalue weighted by Crippen LogP contribution is 2.23. The Bertz CT molecular complexity index is 986. The Balaban J connectivity index is 1.31. The number of nitro groups is 1. The summed E-state index contributed by atoms with van der Waals surface area (Å²) in [5.41, 5.74) is 2.20. The van der Waals surface area contributed by atoms with Crippen molar-refractivity contribution in [2.45, 2.75) is 13.1 Å². The lowest BCUT2D eigenvalue weighted by Crippen LogP contribution is -2.45. The molecule has 3 aromatic rings. The van der Waals surface area contributed by atoms with Crippen molar-refractivity contribution in [3.63, 3.8) is 0 Å². The van der Waals surface area contributed by atoms with Gasteiger partial charge in [0.25, 0.3) is 5.69 Å². The standard InChI is InChI=1S/C24H25N3O3/c28-27(29)24-12-5-4-8-21(24)19-26-15-13-25(14-16-26)18-20-7-6-11-23(17-20)30-22-9-2-1-3-10-22/h1-12,17H,13-16,18-19H2. The van der Waals surface area contributed by atoms with Crippen LogP contribution in [-0.4, -0.2) is 40.9 Å². The first kappa shape index (κ1) is 20.1. The van der Waals surface area contributed by atoms with E-state index in [0.717, 1.165) is 49.8 Å². The minimum atomic E-state index is -0.296. The van der Waals surface area contributed by atoms with Gasteiger partial charge in [0.2, 0.25) is 0 Å². The van der Waals surface area contributed by atoms with E-state index < -0.39 is 0 Å². The first-order chi connectivity index (χ1) is 14.7. The monoisotopic (exact) mass is 403 g/mol. The van der Waals surface area contributed by atoms with E-state index in [2.05, 4.69) is 21.9 Å². The summed E-state index contributed by atoms with van der Waals surface area (Å²) in [6.45, 7) is 5.14. The molecule has 6 heteroatoms. The Morgan fingerprint density at radius 2 is 1.40 bits per heavy atom. The number of para-hydroxylation sites is 2. The van der Waals surface area contributed by atoms with Gasteiger partial charge in [-0.1, -0.05) is 48.5 Å². The van der Waals surface area contributed by atoms with Crippen LogP contribution in [0.4, 0.5) is 5.69 Å². The summed E-state index contributed by atoms with van der Waals surface area (Å²) >= 11 is 0. The molecule has 1 aliphatic rings. The molecule has 6 nitrogen and oxygen atoms in total. The van der Waals surface area contributed by atoms with Crippen LogP contribution in [0, 0.1) is 10.1 Å². The molecule has 154 valence electrons. The molecule has 0 amide bonds. The number of nitro benzene ring substituents is 1. The molecule has 0 unspecified atom stereocenters. The predicted octanol–water partition coefficient (Wildman–Crippen LogP) is 4.70. The van der Waals surface area contributed by atoms with Crippen molar-refractivity contribution in [3.05, 3.63) is 100 Å². The summed E-state index contributed by atoms with van der Waals surface area (Å²) < 4.78 is 5.94. The van der Waals surface area contributed by atoms with Gasteiger partial charge in [0.1, 0.15) is 11.5 Å². The largest absolute Gasteiger partial charge is 0.457 e. The predicted molar refractivity (Wildman–Crippen MR) is 117 cm³/mol. The molecule has 3 aromatic carbocycles. The van der Waals surface area contributed by atoms with Gasteiger partial charge in [-0.15, -0.1) is 0 Å². The number of piperazine rings is 1. The fourth-order valence-electron chi connectivity index (χ4n) is 3.76. The molecule has 4 rings (SSSR count). The van der Waals surface area contributed by atoms with Gasteiger partial charge < -0.3 is 4.74 Å². The average Bonchev–Trinajstić information content (AvgIpc) is 2.76. The van der Waals surface area contributed by atoms with Gasteiger partial charge in [0, 0.05) is 50.9 Å². The number of ether oxygens (including phenoxy) is 1. The maximum absolute atomic E-state index is 11.2. The van der Waals surface area contributed by atoms with Crippen molar-refractivity contribution in [1.82, 2.24) is 9.80 Å². The second kappa shape index (κ2) is 9.52. The molecular formula is C24H25N3O3. The van der Waals surface area contributed by atoms with Crippen LogP contribution >= 0.6 is 0 Å². The van der Waals surface area contributed by atoms with E-state index in [1.165, 1.54) is 5.56 Å². The van der Waals surface area contributed by atoms with Gasteiger partial charge in [0.05, 0.1) is 4.92 Å². The number of rotatable bonds is 7. The van der Waals surface area contributed by atoms with Gasteiger partial charge in [-0.3, -0.25) is 19.9 Å². The molecule has 0 atom stereocenters. The fraction of sp³-hybridized carbons (Fsp3) is 0.250. The van der Waals surface area contributed by atoms with E-state index >= 15 is 0 Å². The molecule has 0 radical (unpaired) electrons. The molecular weight excluding hydrogens is 378 g/mol. The van der Waals surface area contributed by atoms with E-state index in [4.69, 9.17) is 4.74 Å². The molecule has 0 aromatic heterocycles. The molecule has 1 saturated heterocycles. The zero-order valence-corrected chi connectivity index (χ0v) is 16.8. The van der Waals surface area contributed by atoms with Crippen LogP contribution in [0.25, 0.3) is 0 Å². The molecule has 0 N–H and O–H groups in total. The normalized spacial score (nSPS) is 15.1. The average molecular weight is 403 g/mol. The van der Waals surface area contributed by atoms with E-state index in [-0.39, 0.29) is 10.6 Å². The summed E-state index contributed by atoms with van der Waals surface area (Å²) in [7, 11) is 0. The van der Waals surface area contributed by atoms with Crippen molar-refractivity contribution >= 4 is 5.69 Å². The number of hydrogen-bond donors (Lipinski definition) is 0. The van der Waals surface area contributed by atoms with Crippen LogP contribution < -0.4 is 4.74 Å². The molecule has 0 spiro atoms. The lowest BCUT2D eigenvalue weighted by molar-refractivity contribution is -0.385. The van der Waals surface area contributed by atoms with Crippen LogP contribution in [0.3, 0.4) is 0 Å². The van der Waals surface area contributed by atoms with Crippen molar-refractivity contribution in [3.8, 4) is 11.5 Å². The summed E-state index contributed by atoms with van der Waals surface area (Å²) in [5, 5.41) is 11.2. The SMILES string of the molecule is O=[N+]([O-])c1ccccc1CN1CCN(Cc2cccc(Oc3ccccc3)c2)CC1. The van der Waals surface area contributed by atoms with E-state index in [1.54, 1.807) is 12.1 Å². The second-order valence-corrected chi connectivity index (χ2v) is 7.50. The van der Waals surface area contributed by atoms with Crippen molar-refractivity contribution in [2.24, 2.45) is 0 Å². The van der Waals surface area contributed by atoms with Gasteiger partial charge in [-0.05, 0) is 29.8 Å². The quantitative estimate of drug-likeness (QED) is 0.423. The van der Waals surface area contributed by atoms with Crippen molar-refractivity contribution < 1.29 is 9.66 Å². The third kappa shape index (κ3) is 5.23. The summed E-state index contributed by atoms with van der Waals surface area (Å²) in [4.78, 5) is 15.6. The highest BCUT2D eigenvalue weighted by Gasteiger charge is 2.20. The van der Waals surface area contributed by atoms with Crippen LogP contribution in [-0.2, 0) is 13.1 Å². The summed E-state index contributed by atoms with van der Waals surface area (Å²) in [6, 6.07) is 25.0. The first-order valence-electron chi connectivity index (χ1n) is 10.2. The maximum atomic E-state index is 11.2. The van der Waals surface area contributed by atoms with Gasteiger partial charge in [0.15, 0.2) is 0 Å². The minimum absolute atomic E-state index is 0.204. The highest BCUT2D eigenvalue weighted by molar-refractivity contribution is 5.39. The van der Waals surface area contributed by atoms with E-state index in [1.807, 2.05) is 54.6 Å². The Morgan fingerprint density at radius 3 is 2.13 bits per heavy atom. The van der Waals surface area contributed by atoms with Crippen LogP contribution in [0.5, 0.6) is 11.5 Å². The molecule has 0 saturated carbocycles. The molecule has 1 aliphatic heterocycles.